The Hall–Kier alpha value is -5.66. The molecular weight excluding hydrogens is 1020 g/mol. The number of ketones is 1. The molecule has 1 aliphatic carbocycles. The minimum absolute atomic E-state index is 0. The molecule has 0 saturated heterocycles. The first-order valence-corrected chi connectivity index (χ1v) is 24.6. The zero-order valence-corrected chi connectivity index (χ0v) is 40.6. The van der Waals surface area contributed by atoms with E-state index in [2.05, 4.69) is 0 Å². The van der Waals surface area contributed by atoms with Crippen LogP contribution < -0.4 is 37.5 Å². The maximum atomic E-state index is 13.8. The molecule has 67 heavy (non-hydrogen) atoms. The van der Waals surface area contributed by atoms with Gasteiger partial charge in [-0.2, -0.15) is 0 Å². The quantitative estimate of drug-likeness (QED) is 0.0924. The Balaban J connectivity index is 0.000000150. The second-order valence-electron chi connectivity index (χ2n) is 16.1. The van der Waals surface area contributed by atoms with Crippen molar-refractivity contribution in [3.63, 3.8) is 0 Å². The summed E-state index contributed by atoms with van der Waals surface area (Å²) in [5.74, 6) is -2.52. The topological polar surface area (TPSA) is 102 Å². The van der Waals surface area contributed by atoms with Crippen LogP contribution >= 0.6 is 14.3 Å². The van der Waals surface area contributed by atoms with Gasteiger partial charge in [0.2, 0.25) is 5.78 Å². The van der Waals surface area contributed by atoms with Crippen molar-refractivity contribution in [2.45, 2.75) is 25.7 Å². The van der Waals surface area contributed by atoms with Crippen molar-refractivity contribution in [1.82, 2.24) is 0 Å². The Morgan fingerprint density at radius 3 is 1.18 bits per heavy atom. The smallest absolute Gasteiger partial charge is 0.351 e. The summed E-state index contributed by atoms with van der Waals surface area (Å²) in [5, 5.41) is 15.6. The molecule has 335 valence electrons. The first-order valence-electron chi connectivity index (χ1n) is 21.2. The van der Waals surface area contributed by atoms with E-state index in [9.17, 15) is 32.6 Å². The van der Waals surface area contributed by atoms with Gasteiger partial charge in [-0.3, -0.25) is 4.79 Å². The molecular formula is C56H44EuF2O6P2. The molecule has 1 N–H and O–H groups in total. The fourth-order valence-corrected chi connectivity index (χ4v) is 13.8. The molecule has 11 heteroatoms. The summed E-state index contributed by atoms with van der Waals surface area (Å²) < 4.78 is 58.2. The molecule has 9 aromatic rings. The number of fused-ring (bicyclic) bond motifs is 4. The SMILES string of the molecule is CC1(C)c2ccccc2-c2cc3c(O)c(C(=O)C(F)F)c(=O)oc3cc21.O=P(c1ccccc1)(c1ccccc1)c1ccccc1.O=P(c1ccccc1)(c1ccccc1)c1ccccc1.[Eu]. The Labute approximate surface area is 428 Å². The number of hydrogen-bond acceptors (Lipinski definition) is 6. The number of hydrogen-bond donors (Lipinski definition) is 1. The summed E-state index contributed by atoms with van der Waals surface area (Å²) in [6, 6.07) is 69.2. The number of alkyl halides is 2. The Morgan fingerprint density at radius 1 is 0.507 bits per heavy atom. The van der Waals surface area contributed by atoms with Crippen molar-refractivity contribution in [2.75, 3.05) is 0 Å². The predicted molar refractivity (Wildman–Crippen MR) is 264 cm³/mol. The average molecular weight is 1060 g/mol. The van der Waals surface area contributed by atoms with Crippen LogP contribution in [-0.4, -0.2) is 17.3 Å². The monoisotopic (exact) mass is 1070 g/mol. The number of Topliss-reactive ketones (excluding diaryl/α,β-unsaturated/α-hetero) is 1. The van der Waals surface area contributed by atoms with Crippen LogP contribution in [0.3, 0.4) is 0 Å². The van der Waals surface area contributed by atoms with E-state index in [0.717, 1.165) is 54.1 Å². The first-order chi connectivity index (χ1) is 31.9. The number of carbonyl (C=O) groups is 1. The molecule has 1 heterocycles. The number of aromatic hydroxyl groups is 1. The first kappa shape index (κ1) is 49.3. The molecule has 8 aromatic carbocycles. The maximum absolute atomic E-state index is 13.8. The molecule has 0 saturated carbocycles. The minimum atomic E-state index is -3.41. The summed E-state index contributed by atoms with van der Waals surface area (Å²) in [4.78, 5) is 23.6. The molecule has 6 nitrogen and oxygen atoms in total. The third-order valence-corrected chi connectivity index (χ3v) is 17.9. The van der Waals surface area contributed by atoms with E-state index in [-0.39, 0.29) is 65.8 Å². The van der Waals surface area contributed by atoms with Gasteiger partial charge in [-0.15, -0.1) is 0 Å². The average Bonchev–Trinajstić information content (AvgIpc) is 3.59. The summed E-state index contributed by atoms with van der Waals surface area (Å²) in [6.45, 7) is 4.05. The molecule has 0 bridgehead atoms. The van der Waals surface area contributed by atoms with Gasteiger partial charge in [0.1, 0.15) is 11.3 Å². The summed E-state index contributed by atoms with van der Waals surface area (Å²) >= 11 is 0. The van der Waals surface area contributed by atoms with Crippen LogP contribution in [-0.2, 0) is 14.5 Å². The van der Waals surface area contributed by atoms with Gasteiger partial charge in [-0.25, -0.2) is 13.6 Å². The van der Waals surface area contributed by atoms with Crippen molar-refractivity contribution in [3.05, 3.63) is 245 Å². The third-order valence-electron chi connectivity index (χ3n) is 11.7. The third kappa shape index (κ3) is 9.72. The van der Waals surface area contributed by atoms with Crippen LogP contribution in [0.1, 0.15) is 35.3 Å². The largest absolute Gasteiger partial charge is 0.506 e. The fraction of sp³-hybridized carbons (Fsp3) is 0.0714. The molecule has 0 amide bonds. The Kier molecular flexibility index (Phi) is 15.5. The van der Waals surface area contributed by atoms with E-state index < -0.39 is 43.4 Å². The molecule has 1 aromatic heterocycles. The molecule has 10 rings (SSSR count). The number of rotatable bonds is 8. The summed E-state index contributed by atoms with van der Waals surface area (Å²) in [7, 11) is -5.55. The zero-order chi connectivity index (χ0) is 46.5. The van der Waals surface area contributed by atoms with Gasteiger partial charge in [0.05, 0.1) is 5.39 Å². The van der Waals surface area contributed by atoms with Crippen LogP contribution in [0.15, 0.2) is 228 Å². The minimum Gasteiger partial charge on any atom is -0.506 e. The molecule has 0 atom stereocenters. The van der Waals surface area contributed by atoms with Crippen molar-refractivity contribution in [1.29, 1.82) is 0 Å². The van der Waals surface area contributed by atoms with Gasteiger partial charge < -0.3 is 18.7 Å². The normalized spacial score (nSPS) is 12.3. The van der Waals surface area contributed by atoms with E-state index >= 15 is 0 Å². The van der Waals surface area contributed by atoms with Gasteiger partial charge in [0.25, 0.3) is 0 Å². The molecule has 0 fully saturated rings. The molecule has 0 unspecified atom stereocenters. The van der Waals surface area contributed by atoms with Gasteiger partial charge in [-0.05, 0) is 34.4 Å². The molecule has 1 radical (unpaired) electrons. The Morgan fingerprint density at radius 2 is 0.836 bits per heavy atom. The predicted octanol–water partition coefficient (Wildman–Crippen LogP) is 10.9. The van der Waals surface area contributed by atoms with Crippen molar-refractivity contribution >= 4 is 62.9 Å². The van der Waals surface area contributed by atoms with Crippen LogP contribution in [0.4, 0.5) is 8.78 Å². The molecule has 0 spiro atoms. The Bertz CT molecular complexity index is 2960. The summed E-state index contributed by atoms with van der Waals surface area (Å²) in [6.07, 6.45) is -3.41. The van der Waals surface area contributed by atoms with Gasteiger partial charge in [0.15, 0.2) is 19.8 Å². The van der Waals surface area contributed by atoms with E-state index in [1.807, 2.05) is 220 Å². The second kappa shape index (κ2) is 21.1. The van der Waals surface area contributed by atoms with E-state index in [1.165, 1.54) is 0 Å². The standard InChI is InChI=1S/C20H14F2O4.2C18H15OP.Eu/c1-20(2)12-6-4-3-5-9(12)10-7-11-14(8-13(10)20)26-19(25)15(16(11)23)17(24)18(21)22;2*19-20(16-10-4-1-5-11-16,17-12-6-2-7-13-17)18-14-8-3-9-15-18;/h3-8,18,23H,1-2H3;2*1-15H;. The number of benzene rings is 8. The second-order valence-corrected chi connectivity index (χ2v) is 21.6. The zero-order valence-electron chi connectivity index (χ0n) is 36.4. The van der Waals surface area contributed by atoms with Gasteiger partial charge in [-0.1, -0.05) is 220 Å². The maximum Gasteiger partial charge on any atom is 0.351 e. The van der Waals surface area contributed by atoms with E-state index in [1.54, 1.807) is 12.1 Å². The van der Waals surface area contributed by atoms with Crippen molar-refractivity contribution in [3.8, 4) is 16.9 Å². The van der Waals surface area contributed by atoms with E-state index in [4.69, 9.17) is 4.42 Å². The summed E-state index contributed by atoms with van der Waals surface area (Å²) in [5.41, 5.74) is 1.12. The molecule has 0 aliphatic heterocycles. The van der Waals surface area contributed by atoms with Crippen molar-refractivity contribution in [2.24, 2.45) is 0 Å². The van der Waals surface area contributed by atoms with Crippen LogP contribution in [0.2, 0.25) is 0 Å². The van der Waals surface area contributed by atoms with Crippen molar-refractivity contribution < 1.29 is 81.6 Å². The van der Waals surface area contributed by atoms with Gasteiger partial charge >= 0.3 is 12.1 Å². The fourth-order valence-electron chi connectivity index (χ4n) is 8.43. The van der Waals surface area contributed by atoms with Crippen LogP contribution in [0, 0.1) is 49.4 Å². The number of carbonyl (C=O) groups excluding carboxylic acids is 1. The van der Waals surface area contributed by atoms with Gasteiger partial charge in [0, 0.05) is 86.6 Å². The van der Waals surface area contributed by atoms with Crippen LogP contribution in [0.5, 0.6) is 5.75 Å². The van der Waals surface area contributed by atoms with E-state index in [0.29, 0.717) is 0 Å². The molecule has 1 aliphatic rings. The van der Waals surface area contributed by atoms with Crippen LogP contribution in [0.25, 0.3) is 22.1 Å². The number of halogens is 2.